The van der Waals surface area contributed by atoms with E-state index in [2.05, 4.69) is 4.98 Å². The highest BCUT2D eigenvalue weighted by molar-refractivity contribution is 7.23. The fourth-order valence-electron chi connectivity index (χ4n) is 2.87. The van der Waals surface area contributed by atoms with Crippen LogP contribution in [0.4, 0.5) is 13.2 Å². The molecule has 0 fully saturated rings. The number of carbonyl (C=O) groups excluding carboxylic acids is 1. The van der Waals surface area contributed by atoms with E-state index >= 15 is 0 Å². The number of hydrogen-bond acceptors (Lipinski definition) is 5. The molecule has 0 unspecified atom stereocenters. The molecule has 2 aromatic heterocycles. The van der Waals surface area contributed by atoms with Crippen LogP contribution in [0.15, 0.2) is 65.5 Å². The molecule has 0 radical (unpaired) electrons. The smallest absolute Gasteiger partial charge is 0.416 e. The van der Waals surface area contributed by atoms with Crippen LogP contribution in [0.1, 0.15) is 16.8 Å². The zero-order valence-corrected chi connectivity index (χ0v) is 16.0. The van der Waals surface area contributed by atoms with Crippen LogP contribution in [-0.2, 0) is 22.3 Å². The van der Waals surface area contributed by atoms with Gasteiger partial charge in [0.05, 0.1) is 21.5 Å². The molecule has 2 aromatic carbocycles. The van der Waals surface area contributed by atoms with E-state index in [1.54, 1.807) is 0 Å². The minimum Gasteiger partial charge on any atom is -0.456 e. The molecule has 152 valence electrons. The lowest BCUT2D eigenvalue weighted by Crippen LogP contribution is -2.15. The van der Waals surface area contributed by atoms with Gasteiger partial charge in [0.15, 0.2) is 4.96 Å². The van der Waals surface area contributed by atoms with Gasteiger partial charge in [-0.1, -0.05) is 35.6 Å². The van der Waals surface area contributed by atoms with Gasteiger partial charge in [0, 0.05) is 12.1 Å². The van der Waals surface area contributed by atoms with Crippen molar-refractivity contribution in [2.45, 2.75) is 12.8 Å². The second-order valence-corrected chi connectivity index (χ2v) is 7.35. The molecule has 0 spiro atoms. The normalized spacial score (nSPS) is 12.1. The van der Waals surface area contributed by atoms with Crippen LogP contribution in [0, 0.1) is 0 Å². The highest BCUT2D eigenvalue weighted by Crippen LogP contribution is 2.29. The van der Waals surface area contributed by atoms with Gasteiger partial charge in [-0.3, -0.25) is 9.20 Å². The maximum Gasteiger partial charge on any atom is 0.416 e. The minimum atomic E-state index is -4.46. The Morgan fingerprint density at radius 2 is 1.93 bits per heavy atom. The van der Waals surface area contributed by atoms with E-state index in [1.165, 1.54) is 40.0 Å². The van der Waals surface area contributed by atoms with Gasteiger partial charge in [-0.05, 0) is 35.9 Å². The van der Waals surface area contributed by atoms with E-state index < -0.39 is 17.7 Å². The number of fused-ring (bicyclic) bond motifs is 3. The van der Waals surface area contributed by atoms with Gasteiger partial charge < -0.3 is 4.74 Å². The summed E-state index contributed by atoms with van der Waals surface area (Å²) in [7, 11) is 0. The standard InChI is InChI=1S/C21H13F3N2O3S/c22-21(23,24)14-5-3-4-13(10-14)8-9-19(28)29-12-15-11-18(27)26-16-6-1-2-7-17(16)30-20(26)25-15/h1-11H,12H2/b9-8+. The summed E-state index contributed by atoms with van der Waals surface area (Å²) in [4.78, 5) is 29.2. The Hall–Kier alpha value is -3.46. The van der Waals surface area contributed by atoms with Crippen LogP contribution >= 0.6 is 11.3 Å². The average Bonchev–Trinajstić information content (AvgIpc) is 3.09. The molecule has 0 aliphatic carbocycles. The molecule has 30 heavy (non-hydrogen) atoms. The Balaban J connectivity index is 1.47. The van der Waals surface area contributed by atoms with Crippen LogP contribution < -0.4 is 5.56 Å². The first kappa shape index (κ1) is 19.8. The Kier molecular flexibility index (Phi) is 5.13. The van der Waals surface area contributed by atoms with Crippen LogP contribution in [0.2, 0.25) is 0 Å². The summed E-state index contributed by atoms with van der Waals surface area (Å²) in [6.07, 6.45) is -2.20. The topological polar surface area (TPSA) is 60.7 Å². The summed E-state index contributed by atoms with van der Waals surface area (Å²) in [5, 5.41) is 0. The number of para-hydroxylation sites is 1. The van der Waals surface area contributed by atoms with E-state index in [0.717, 1.165) is 28.4 Å². The highest BCUT2D eigenvalue weighted by atomic mass is 32.1. The third-order valence-electron chi connectivity index (χ3n) is 4.24. The molecule has 0 atom stereocenters. The fraction of sp³-hybridized carbons (Fsp3) is 0.0952. The molecule has 0 saturated heterocycles. The van der Waals surface area contributed by atoms with Crippen molar-refractivity contribution in [1.29, 1.82) is 0 Å². The molecular formula is C21H13F3N2O3S. The number of thiazole rings is 1. The van der Waals surface area contributed by atoms with Gasteiger partial charge in [0.25, 0.3) is 5.56 Å². The lowest BCUT2D eigenvalue weighted by molar-refractivity contribution is -0.139. The molecule has 0 aliphatic heterocycles. The molecule has 0 amide bonds. The van der Waals surface area contributed by atoms with Crippen molar-refractivity contribution < 1.29 is 22.7 Å². The van der Waals surface area contributed by atoms with Crippen molar-refractivity contribution >= 4 is 38.6 Å². The number of halogens is 3. The molecule has 9 heteroatoms. The zero-order valence-electron chi connectivity index (χ0n) is 15.2. The first-order chi connectivity index (χ1) is 14.3. The highest BCUT2D eigenvalue weighted by Gasteiger charge is 2.30. The fourth-order valence-corrected chi connectivity index (χ4v) is 3.92. The van der Waals surface area contributed by atoms with Crippen molar-refractivity contribution in [3.05, 3.63) is 87.8 Å². The summed E-state index contributed by atoms with van der Waals surface area (Å²) in [6.45, 7) is -0.230. The SMILES string of the molecule is O=C(/C=C/c1cccc(C(F)(F)F)c1)OCc1cc(=O)n2c(n1)sc1ccccc12. The van der Waals surface area contributed by atoms with Crippen molar-refractivity contribution in [1.82, 2.24) is 9.38 Å². The summed E-state index contributed by atoms with van der Waals surface area (Å²) < 4.78 is 45.7. The Labute approximate surface area is 171 Å². The lowest BCUT2D eigenvalue weighted by Gasteiger charge is -2.06. The number of nitrogens with zero attached hydrogens (tertiary/aromatic N) is 2. The summed E-state index contributed by atoms with van der Waals surface area (Å²) >= 11 is 1.34. The molecule has 0 saturated carbocycles. The van der Waals surface area contributed by atoms with Gasteiger partial charge in [-0.15, -0.1) is 0 Å². The molecular weight excluding hydrogens is 417 g/mol. The van der Waals surface area contributed by atoms with E-state index in [9.17, 15) is 22.8 Å². The number of benzene rings is 2. The van der Waals surface area contributed by atoms with Gasteiger partial charge in [-0.2, -0.15) is 13.2 Å². The van der Waals surface area contributed by atoms with E-state index in [-0.39, 0.29) is 23.4 Å². The minimum absolute atomic E-state index is 0.213. The third kappa shape index (κ3) is 4.11. The molecule has 5 nitrogen and oxygen atoms in total. The molecule has 0 N–H and O–H groups in total. The monoisotopic (exact) mass is 430 g/mol. The summed E-state index contributed by atoms with van der Waals surface area (Å²) in [6, 6.07) is 13.3. The van der Waals surface area contributed by atoms with Crippen molar-refractivity contribution in [3.63, 3.8) is 0 Å². The quantitative estimate of drug-likeness (QED) is 0.348. The number of esters is 1. The summed E-state index contributed by atoms with van der Waals surface area (Å²) in [5.74, 6) is -0.759. The van der Waals surface area contributed by atoms with Crippen LogP contribution in [-0.4, -0.2) is 15.4 Å². The molecule has 2 heterocycles. The Bertz CT molecular complexity index is 1340. The first-order valence-corrected chi connectivity index (χ1v) is 9.55. The number of aromatic nitrogens is 2. The molecule has 0 aliphatic rings. The Morgan fingerprint density at radius 1 is 1.13 bits per heavy atom. The number of ether oxygens (including phenoxy) is 1. The number of hydrogen-bond donors (Lipinski definition) is 0. The average molecular weight is 430 g/mol. The van der Waals surface area contributed by atoms with Gasteiger partial charge >= 0.3 is 12.1 Å². The molecule has 4 rings (SSSR count). The zero-order chi connectivity index (χ0) is 21.3. The number of rotatable bonds is 4. The summed E-state index contributed by atoms with van der Waals surface area (Å²) in [5.41, 5.74) is 0.155. The Morgan fingerprint density at radius 3 is 2.73 bits per heavy atom. The second-order valence-electron chi connectivity index (χ2n) is 6.34. The van der Waals surface area contributed by atoms with Crippen molar-refractivity contribution in [2.24, 2.45) is 0 Å². The third-order valence-corrected chi connectivity index (χ3v) is 5.26. The van der Waals surface area contributed by atoms with Gasteiger partial charge in [0.1, 0.15) is 6.61 Å². The van der Waals surface area contributed by atoms with E-state index in [0.29, 0.717) is 4.96 Å². The van der Waals surface area contributed by atoms with E-state index in [1.807, 2.05) is 24.3 Å². The van der Waals surface area contributed by atoms with Crippen molar-refractivity contribution in [3.8, 4) is 0 Å². The molecule has 0 bridgehead atoms. The van der Waals surface area contributed by atoms with Crippen molar-refractivity contribution in [2.75, 3.05) is 0 Å². The van der Waals surface area contributed by atoms with Crippen LogP contribution in [0.25, 0.3) is 21.3 Å². The predicted molar refractivity (Wildman–Crippen MR) is 107 cm³/mol. The predicted octanol–water partition coefficient (Wildman–Crippen LogP) is 4.68. The van der Waals surface area contributed by atoms with Gasteiger partial charge in [0.2, 0.25) is 0 Å². The van der Waals surface area contributed by atoms with Crippen LogP contribution in [0.5, 0.6) is 0 Å². The second kappa shape index (κ2) is 7.75. The largest absolute Gasteiger partial charge is 0.456 e. The van der Waals surface area contributed by atoms with Gasteiger partial charge in [-0.25, -0.2) is 9.78 Å². The maximum atomic E-state index is 12.7. The molecule has 4 aromatic rings. The lowest BCUT2D eigenvalue weighted by atomic mass is 10.1. The van der Waals surface area contributed by atoms with E-state index in [4.69, 9.17) is 4.74 Å². The number of alkyl halides is 3. The first-order valence-electron chi connectivity index (χ1n) is 8.73. The van der Waals surface area contributed by atoms with Crippen LogP contribution in [0.3, 0.4) is 0 Å². The number of carbonyl (C=O) groups is 1. The maximum absolute atomic E-state index is 12.7.